The Kier molecular flexibility index (Phi) is 2.42. The molecule has 68 valence electrons. The van der Waals surface area contributed by atoms with E-state index in [0.29, 0.717) is 0 Å². The Bertz CT molecular complexity index is 403. The molecule has 0 saturated heterocycles. The topological polar surface area (TPSA) is 25.8 Å². The van der Waals surface area contributed by atoms with Crippen molar-refractivity contribution in [2.75, 3.05) is 0 Å². The van der Waals surface area contributed by atoms with Gasteiger partial charge in [-0.15, -0.1) is 22.7 Å². The molecule has 2 nitrogen and oxygen atoms in total. The summed E-state index contributed by atoms with van der Waals surface area (Å²) >= 11 is 3.34. The monoisotopic (exact) mass is 210 g/mol. The first-order chi connectivity index (χ1) is 6.29. The SMILES string of the molecule is CCc1csc(-c2nc(C)cs2)n1. The third-order valence-corrected chi connectivity index (χ3v) is 3.71. The minimum atomic E-state index is 1.00. The summed E-state index contributed by atoms with van der Waals surface area (Å²) in [4.78, 5) is 8.87. The van der Waals surface area contributed by atoms with Crippen LogP contribution in [0.5, 0.6) is 0 Å². The van der Waals surface area contributed by atoms with Gasteiger partial charge < -0.3 is 0 Å². The van der Waals surface area contributed by atoms with Crippen LogP contribution in [-0.4, -0.2) is 9.97 Å². The minimum Gasteiger partial charge on any atom is -0.239 e. The summed E-state index contributed by atoms with van der Waals surface area (Å²) in [7, 11) is 0. The molecule has 0 fully saturated rings. The Morgan fingerprint density at radius 3 is 2.38 bits per heavy atom. The predicted octanol–water partition coefficient (Wildman–Crippen LogP) is 3.14. The molecule has 0 aliphatic rings. The smallest absolute Gasteiger partial charge is 0.152 e. The number of rotatable bonds is 2. The fraction of sp³-hybridized carbons (Fsp3) is 0.333. The Balaban J connectivity index is 2.35. The van der Waals surface area contributed by atoms with Crippen molar-refractivity contribution in [3.8, 4) is 10.0 Å². The summed E-state index contributed by atoms with van der Waals surface area (Å²) in [5, 5.41) is 6.26. The van der Waals surface area contributed by atoms with Crippen LogP contribution in [0.1, 0.15) is 18.3 Å². The zero-order valence-corrected chi connectivity index (χ0v) is 9.21. The fourth-order valence-corrected chi connectivity index (χ4v) is 2.77. The maximum Gasteiger partial charge on any atom is 0.152 e. The van der Waals surface area contributed by atoms with Gasteiger partial charge in [0.1, 0.15) is 0 Å². The molecule has 0 amide bonds. The molecule has 0 spiro atoms. The zero-order valence-electron chi connectivity index (χ0n) is 7.57. The fourth-order valence-electron chi connectivity index (χ4n) is 1.02. The quantitative estimate of drug-likeness (QED) is 0.761. The summed E-state index contributed by atoms with van der Waals surface area (Å²) in [5.41, 5.74) is 2.24. The van der Waals surface area contributed by atoms with E-state index in [4.69, 9.17) is 0 Å². The van der Waals surface area contributed by atoms with Crippen molar-refractivity contribution in [2.45, 2.75) is 20.3 Å². The van der Waals surface area contributed by atoms with E-state index >= 15 is 0 Å². The summed E-state index contributed by atoms with van der Waals surface area (Å²) in [5.74, 6) is 0. The van der Waals surface area contributed by atoms with Crippen LogP contribution in [0.2, 0.25) is 0 Å². The van der Waals surface area contributed by atoms with Crippen molar-refractivity contribution in [1.29, 1.82) is 0 Å². The lowest BCUT2D eigenvalue weighted by Gasteiger charge is -1.86. The van der Waals surface area contributed by atoms with Gasteiger partial charge in [-0.05, 0) is 13.3 Å². The standard InChI is InChI=1S/C9H10N2S2/c1-3-7-5-13-9(11-7)8-10-6(2)4-12-8/h4-5H,3H2,1-2H3. The highest BCUT2D eigenvalue weighted by Crippen LogP contribution is 2.26. The van der Waals surface area contributed by atoms with Crippen LogP contribution in [0.25, 0.3) is 10.0 Å². The normalized spacial score (nSPS) is 10.6. The van der Waals surface area contributed by atoms with E-state index in [2.05, 4.69) is 27.7 Å². The van der Waals surface area contributed by atoms with Crippen LogP contribution < -0.4 is 0 Å². The van der Waals surface area contributed by atoms with Gasteiger partial charge in [0.25, 0.3) is 0 Å². The number of nitrogens with zero attached hydrogens (tertiary/aromatic N) is 2. The lowest BCUT2D eigenvalue weighted by atomic mass is 10.4. The highest BCUT2D eigenvalue weighted by Gasteiger charge is 2.06. The second-order valence-electron chi connectivity index (χ2n) is 2.79. The molecule has 2 rings (SSSR count). The highest BCUT2D eigenvalue weighted by atomic mass is 32.1. The van der Waals surface area contributed by atoms with Gasteiger partial charge in [0.2, 0.25) is 0 Å². The first kappa shape index (κ1) is 8.84. The van der Waals surface area contributed by atoms with Gasteiger partial charge in [-0.25, -0.2) is 9.97 Å². The van der Waals surface area contributed by atoms with Crippen molar-refractivity contribution in [2.24, 2.45) is 0 Å². The van der Waals surface area contributed by atoms with Gasteiger partial charge >= 0.3 is 0 Å². The van der Waals surface area contributed by atoms with Gasteiger partial charge in [0.05, 0.1) is 5.69 Å². The molecule has 0 aromatic carbocycles. The molecule has 0 radical (unpaired) electrons. The zero-order chi connectivity index (χ0) is 9.26. The van der Waals surface area contributed by atoms with Crippen LogP contribution in [0.15, 0.2) is 10.8 Å². The lowest BCUT2D eigenvalue weighted by Crippen LogP contribution is -1.79. The van der Waals surface area contributed by atoms with Crippen molar-refractivity contribution in [3.05, 3.63) is 22.1 Å². The molecule has 0 aliphatic heterocycles. The average Bonchev–Trinajstić information content (AvgIpc) is 2.71. The van der Waals surface area contributed by atoms with Crippen LogP contribution >= 0.6 is 22.7 Å². The first-order valence-corrected chi connectivity index (χ1v) is 5.92. The number of hydrogen-bond acceptors (Lipinski definition) is 4. The largest absolute Gasteiger partial charge is 0.239 e. The number of thiazole rings is 2. The lowest BCUT2D eigenvalue weighted by molar-refractivity contribution is 1.06. The van der Waals surface area contributed by atoms with E-state index in [0.717, 1.165) is 27.8 Å². The van der Waals surface area contributed by atoms with Crippen LogP contribution in [-0.2, 0) is 6.42 Å². The van der Waals surface area contributed by atoms with Gasteiger partial charge in [-0.1, -0.05) is 6.92 Å². The number of hydrogen-bond donors (Lipinski definition) is 0. The second-order valence-corrected chi connectivity index (χ2v) is 4.51. The molecule has 0 atom stereocenters. The van der Waals surface area contributed by atoms with E-state index in [1.807, 2.05) is 6.92 Å². The van der Waals surface area contributed by atoms with Crippen LogP contribution in [0, 0.1) is 6.92 Å². The van der Waals surface area contributed by atoms with E-state index in [1.54, 1.807) is 22.7 Å². The molecule has 2 heterocycles. The minimum absolute atomic E-state index is 1.00. The van der Waals surface area contributed by atoms with Gasteiger partial charge in [0.15, 0.2) is 10.0 Å². The van der Waals surface area contributed by atoms with E-state index in [-0.39, 0.29) is 0 Å². The average molecular weight is 210 g/mol. The first-order valence-electron chi connectivity index (χ1n) is 4.16. The van der Waals surface area contributed by atoms with Crippen molar-refractivity contribution in [3.63, 3.8) is 0 Å². The number of aryl methyl sites for hydroxylation is 2. The van der Waals surface area contributed by atoms with Crippen LogP contribution in [0.4, 0.5) is 0 Å². The molecule has 4 heteroatoms. The van der Waals surface area contributed by atoms with E-state index in [1.165, 1.54) is 0 Å². The molecular formula is C9H10N2S2. The summed E-state index contributed by atoms with van der Waals surface area (Å²) < 4.78 is 0. The molecule has 0 bridgehead atoms. The molecule has 13 heavy (non-hydrogen) atoms. The van der Waals surface area contributed by atoms with Crippen molar-refractivity contribution < 1.29 is 0 Å². The third-order valence-electron chi connectivity index (χ3n) is 1.72. The van der Waals surface area contributed by atoms with Gasteiger partial charge in [-0.3, -0.25) is 0 Å². The summed E-state index contributed by atoms with van der Waals surface area (Å²) in [6.45, 7) is 4.13. The van der Waals surface area contributed by atoms with Gasteiger partial charge in [0, 0.05) is 16.5 Å². The molecule has 2 aromatic rings. The van der Waals surface area contributed by atoms with Crippen molar-refractivity contribution in [1.82, 2.24) is 9.97 Å². The second kappa shape index (κ2) is 3.55. The molecule has 0 aliphatic carbocycles. The maximum absolute atomic E-state index is 4.48. The molecule has 0 saturated carbocycles. The summed E-state index contributed by atoms with van der Waals surface area (Å²) in [6, 6.07) is 0. The Morgan fingerprint density at radius 1 is 1.15 bits per heavy atom. The molecule has 2 aromatic heterocycles. The highest BCUT2D eigenvalue weighted by molar-refractivity contribution is 7.19. The van der Waals surface area contributed by atoms with Crippen LogP contribution in [0.3, 0.4) is 0 Å². The molecule has 0 unspecified atom stereocenters. The number of aromatic nitrogens is 2. The molecule has 0 N–H and O–H groups in total. The van der Waals surface area contributed by atoms with Crippen molar-refractivity contribution >= 4 is 22.7 Å². The Labute approximate surface area is 85.3 Å². The third kappa shape index (κ3) is 1.78. The van der Waals surface area contributed by atoms with E-state index < -0.39 is 0 Å². The predicted molar refractivity (Wildman–Crippen MR) is 57.3 cm³/mol. The maximum atomic E-state index is 4.48. The molecular weight excluding hydrogens is 200 g/mol. The Hall–Kier alpha value is -0.740. The Morgan fingerprint density at radius 2 is 1.85 bits per heavy atom. The van der Waals surface area contributed by atoms with E-state index in [9.17, 15) is 0 Å². The van der Waals surface area contributed by atoms with Gasteiger partial charge in [-0.2, -0.15) is 0 Å². The summed E-state index contributed by atoms with van der Waals surface area (Å²) in [6.07, 6.45) is 1.00.